The van der Waals surface area contributed by atoms with Gasteiger partial charge < -0.3 is 11.1 Å². The summed E-state index contributed by atoms with van der Waals surface area (Å²) in [6.45, 7) is 2.52. The molecular formula is C16H15N3OS. The molecule has 2 heterocycles. The number of amides is 1. The number of nitrogens with zero attached hydrogens (tertiary/aromatic N) is 1. The lowest BCUT2D eigenvalue weighted by molar-refractivity contribution is 0.0956. The summed E-state index contributed by atoms with van der Waals surface area (Å²) in [4.78, 5) is 17.9. The van der Waals surface area contributed by atoms with Crippen LogP contribution >= 0.6 is 11.3 Å². The minimum absolute atomic E-state index is 0.154. The van der Waals surface area contributed by atoms with E-state index in [4.69, 9.17) is 5.73 Å². The monoisotopic (exact) mass is 297 g/mol. The number of carbonyl (C=O) groups is 1. The Hall–Kier alpha value is -2.40. The van der Waals surface area contributed by atoms with Crippen LogP contribution in [0.5, 0.6) is 0 Å². The first-order valence-electron chi connectivity index (χ1n) is 6.62. The Morgan fingerprint density at radius 2 is 2.10 bits per heavy atom. The third-order valence-corrected chi connectivity index (χ3v) is 4.54. The zero-order valence-corrected chi connectivity index (χ0v) is 12.4. The van der Waals surface area contributed by atoms with Crippen molar-refractivity contribution in [3.05, 3.63) is 58.6 Å². The van der Waals surface area contributed by atoms with Gasteiger partial charge in [0.2, 0.25) is 0 Å². The Bertz CT molecular complexity index is 810. The third-order valence-electron chi connectivity index (χ3n) is 3.41. The van der Waals surface area contributed by atoms with Gasteiger partial charge in [-0.2, -0.15) is 0 Å². The minimum atomic E-state index is -0.154. The highest BCUT2D eigenvalue weighted by atomic mass is 32.1. The number of hydrogen-bond acceptors (Lipinski definition) is 4. The molecule has 3 aromatic rings. The zero-order chi connectivity index (χ0) is 14.8. The first-order valence-corrected chi connectivity index (χ1v) is 7.44. The molecule has 0 fully saturated rings. The van der Waals surface area contributed by atoms with Crippen LogP contribution in [-0.4, -0.2) is 10.9 Å². The molecule has 0 atom stereocenters. The summed E-state index contributed by atoms with van der Waals surface area (Å²) < 4.78 is 0. The molecule has 0 saturated carbocycles. The van der Waals surface area contributed by atoms with E-state index in [2.05, 4.69) is 10.3 Å². The van der Waals surface area contributed by atoms with Gasteiger partial charge in [0.05, 0.1) is 5.69 Å². The normalized spacial score (nSPS) is 10.7. The summed E-state index contributed by atoms with van der Waals surface area (Å²) in [5.74, 6) is -0.154. The van der Waals surface area contributed by atoms with Crippen LogP contribution in [-0.2, 0) is 6.54 Å². The molecule has 106 valence electrons. The lowest BCUT2D eigenvalue weighted by Gasteiger charge is -2.07. The number of nitrogens with two attached hydrogens (primary N) is 1. The van der Waals surface area contributed by atoms with Crippen LogP contribution in [0, 0.1) is 6.92 Å². The fourth-order valence-corrected chi connectivity index (χ4v) is 3.16. The predicted molar refractivity (Wildman–Crippen MR) is 86.4 cm³/mol. The molecule has 0 aliphatic carbocycles. The van der Waals surface area contributed by atoms with Gasteiger partial charge in [-0.1, -0.05) is 24.3 Å². The maximum Gasteiger partial charge on any atom is 0.263 e. The van der Waals surface area contributed by atoms with E-state index in [9.17, 15) is 4.79 Å². The van der Waals surface area contributed by atoms with Gasteiger partial charge in [-0.25, -0.2) is 4.98 Å². The average Bonchev–Trinajstić information content (AvgIpc) is 2.84. The summed E-state index contributed by atoms with van der Waals surface area (Å²) in [5, 5.41) is 3.76. The number of aromatic nitrogens is 1. The SMILES string of the molecule is Cc1ccccc1CNC(=O)c1sc2ncccc2c1N. The second-order valence-corrected chi connectivity index (χ2v) is 5.81. The topological polar surface area (TPSA) is 68.0 Å². The number of carbonyl (C=O) groups excluding carboxylic acids is 1. The van der Waals surface area contributed by atoms with E-state index in [0.717, 1.165) is 21.3 Å². The average molecular weight is 297 g/mol. The van der Waals surface area contributed by atoms with Gasteiger partial charge in [-0.15, -0.1) is 11.3 Å². The number of thiophene rings is 1. The highest BCUT2D eigenvalue weighted by Crippen LogP contribution is 2.31. The molecule has 0 bridgehead atoms. The summed E-state index contributed by atoms with van der Waals surface area (Å²) >= 11 is 1.32. The van der Waals surface area contributed by atoms with E-state index in [1.165, 1.54) is 11.3 Å². The number of benzene rings is 1. The number of nitrogen functional groups attached to an aromatic ring is 1. The van der Waals surface area contributed by atoms with Gasteiger partial charge in [0.1, 0.15) is 9.71 Å². The molecule has 0 radical (unpaired) electrons. The Labute approximate surface area is 126 Å². The number of pyridine rings is 1. The Kier molecular flexibility index (Phi) is 3.58. The highest BCUT2D eigenvalue weighted by Gasteiger charge is 2.16. The Morgan fingerprint density at radius 1 is 1.29 bits per heavy atom. The number of anilines is 1. The van der Waals surface area contributed by atoms with Gasteiger partial charge in [0.15, 0.2) is 0 Å². The molecule has 3 rings (SSSR count). The standard InChI is InChI=1S/C16H15N3OS/c1-10-5-2-3-6-11(10)9-19-15(20)14-13(17)12-7-4-8-18-16(12)21-14/h2-8H,9,17H2,1H3,(H,19,20). The van der Waals surface area contributed by atoms with E-state index >= 15 is 0 Å². The first-order chi connectivity index (χ1) is 10.2. The lowest BCUT2D eigenvalue weighted by atomic mass is 10.1. The van der Waals surface area contributed by atoms with Gasteiger partial charge in [0.25, 0.3) is 5.91 Å². The molecule has 5 heteroatoms. The molecular weight excluding hydrogens is 282 g/mol. The molecule has 3 N–H and O–H groups in total. The van der Waals surface area contributed by atoms with Crippen molar-refractivity contribution in [3.63, 3.8) is 0 Å². The van der Waals surface area contributed by atoms with Gasteiger partial charge in [-0.3, -0.25) is 4.79 Å². The number of nitrogens with one attached hydrogen (secondary N) is 1. The van der Waals surface area contributed by atoms with Gasteiger partial charge in [-0.05, 0) is 30.2 Å². The minimum Gasteiger partial charge on any atom is -0.397 e. The summed E-state index contributed by atoms with van der Waals surface area (Å²) in [6, 6.07) is 11.7. The van der Waals surface area contributed by atoms with Crippen LogP contribution in [0.15, 0.2) is 42.6 Å². The van der Waals surface area contributed by atoms with E-state index in [1.807, 2.05) is 43.3 Å². The largest absolute Gasteiger partial charge is 0.397 e. The van der Waals surface area contributed by atoms with E-state index in [0.29, 0.717) is 17.1 Å². The number of aryl methyl sites for hydroxylation is 1. The lowest BCUT2D eigenvalue weighted by Crippen LogP contribution is -2.23. The van der Waals surface area contributed by atoms with Crippen LogP contribution in [0.1, 0.15) is 20.8 Å². The highest BCUT2D eigenvalue weighted by molar-refractivity contribution is 7.21. The molecule has 0 aliphatic rings. The van der Waals surface area contributed by atoms with E-state index < -0.39 is 0 Å². The maximum atomic E-state index is 12.3. The molecule has 1 amide bonds. The number of hydrogen-bond donors (Lipinski definition) is 2. The van der Waals surface area contributed by atoms with E-state index in [-0.39, 0.29) is 5.91 Å². The predicted octanol–water partition coefficient (Wildman–Crippen LogP) is 3.12. The van der Waals surface area contributed by atoms with Gasteiger partial charge >= 0.3 is 0 Å². The molecule has 21 heavy (non-hydrogen) atoms. The van der Waals surface area contributed by atoms with Crippen molar-refractivity contribution in [1.29, 1.82) is 0 Å². The Morgan fingerprint density at radius 3 is 2.86 bits per heavy atom. The van der Waals surface area contributed by atoms with Crippen molar-refractivity contribution in [2.24, 2.45) is 0 Å². The molecule has 1 aromatic carbocycles. The first kappa shape index (κ1) is 13.6. The van der Waals surface area contributed by atoms with Crippen molar-refractivity contribution in [2.45, 2.75) is 13.5 Å². The quantitative estimate of drug-likeness (QED) is 0.780. The summed E-state index contributed by atoms with van der Waals surface area (Å²) in [6.07, 6.45) is 1.70. The molecule has 2 aromatic heterocycles. The maximum absolute atomic E-state index is 12.3. The molecule has 0 spiro atoms. The third kappa shape index (κ3) is 2.60. The van der Waals surface area contributed by atoms with Crippen molar-refractivity contribution in [2.75, 3.05) is 5.73 Å². The molecule has 4 nitrogen and oxygen atoms in total. The van der Waals surface area contributed by atoms with Gasteiger partial charge in [0, 0.05) is 18.1 Å². The summed E-state index contributed by atoms with van der Waals surface area (Å²) in [5.41, 5.74) is 8.81. The number of rotatable bonds is 3. The Balaban J connectivity index is 1.81. The van der Waals surface area contributed by atoms with Crippen LogP contribution in [0.4, 0.5) is 5.69 Å². The van der Waals surface area contributed by atoms with Crippen LogP contribution in [0.2, 0.25) is 0 Å². The fraction of sp³-hybridized carbons (Fsp3) is 0.125. The number of fused-ring (bicyclic) bond motifs is 1. The van der Waals surface area contributed by atoms with Crippen molar-refractivity contribution < 1.29 is 4.79 Å². The van der Waals surface area contributed by atoms with Crippen LogP contribution in [0.25, 0.3) is 10.2 Å². The second kappa shape index (κ2) is 5.54. The molecule has 0 unspecified atom stereocenters. The van der Waals surface area contributed by atoms with Crippen molar-refractivity contribution >= 4 is 33.1 Å². The van der Waals surface area contributed by atoms with Crippen LogP contribution < -0.4 is 11.1 Å². The molecule has 0 saturated heterocycles. The zero-order valence-electron chi connectivity index (χ0n) is 11.6. The fourth-order valence-electron chi connectivity index (χ4n) is 2.18. The van der Waals surface area contributed by atoms with Crippen molar-refractivity contribution in [3.8, 4) is 0 Å². The van der Waals surface area contributed by atoms with E-state index in [1.54, 1.807) is 6.20 Å². The second-order valence-electron chi connectivity index (χ2n) is 4.81. The molecule has 0 aliphatic heterocycles. The summed E-state index contributed by atoms with van der Waals surface area (Å²) in [7, 11) is 0. The van der Waals surface area contributed by atoms with Crippen LogP contribution in [0.3, 0.4) is 0 Å². The van der Waals surface area contributed by atoms with Crippen molar-refractivity contribution in [1.82, 2.24) is 10.3 Å². The smallest absolute Gasteiger partial charge is 0.263 e.